The number of likely N-dealkylation sites (N-methyl/N-ethyl adjacent to an activating group) is 1. The second-order valence-corrected chi connectivity index (χ2v) is 12.7. The first-order valence-corrected chi connectivity index (χ1v) is 16.6. The van der Waals surface area contributed by atoms with Crippen molar-refractivity contribution in [2.24, 2.45) is 0 Å². The fourth-order valence-corrected chi connectivity index (χ4v) is 6.47. The lowest BCUT2D eigenvalue weighted by molar-refractivity contribution is -0.140. The molecule has 1 atom stereocenters. The predicted octanol–water partition coefficient (Wildman–Crippen LogP) is 5.67. The van der Waals surface area contributed by atoms with Gasteiger partial charge in [0.15, 0.2) is 0 Å². The fraction of sp³-hybridized carbons (Fsp3) is 0.278. The van der Waals surface area contributed by atoms with Crippen molar-refractivity contribution in [2.75, 3.05) is 24.0 Å². The number of hydrogen-bond acceptors (Lipinski definition) is 5. The summed E-state index contributed by atoms with van der Waals surface area (Å²) in [7, 11) is -4.18. The van der Waals surface area contributed by atoms with Crippen LogP contribution < -0.4 is 14.4 Å². The van der Waals surface area contributed by atoms with Crippen molar-refractivity contribution in [3.63, 3.8) is 0 Å². The Labute approximate surface area is 266 Å². The van der Waals surface area contributed by atoms with Crippen LogP contribution >= 0.6 is 0 Å². The largest absolute Gasteiger partial charge is 0.494 e. The molecule has 0 radical (unpaired) electrons. The van der Waals surface area contributed by atoms with E-state index in [4.69, 9.17) is 4.74 Å². The molecule has 4 aromatic carbocycles. The zero-order valence-corrected chi connectivity index (χ0v) is 27.1. The van der Waals surface area contributed by atoms with Crippen LogP contribution in [0.5, 0.6) is 5.75 Å². The molecule has 0 bridgehead atoms. The van der Waals surface area contributed by atoms with Gasteiger partial charge in [0.2, 0.25) is 11.8 Å². The third-order valence-corrected chi connectivity index (χ3v) is 9.34. The molecule has 4 aromatic rings. The summed E-state index contributed by atoms with van der Waals surface area (Å²) in [5.41, 5.74) is 3.92. The van der Waals surface area contributed by atoms with Crippen molar-refractivity contribution in [1.29, 1.82) is 0 Å². The monoisotopic (exact) mass is 627 g/mol. The predicted molar refractivity (Wildman–Crippen MR) is 178 cm³/mol. The summed E-state index contributed by atoms with van der Waals surface area (Å²) in [5, 5.41) is 2.89. The second-order valence-electron chi connectivity index (χ2n) is 10.8. The van der Waals surface area contributed by atoms with E-state index in [9.17, 15) is 18.0 Å². The molecule has 0 saturated carbocycles. The zero-order chi connectivity index (χ0) is 32.4. The van der Waals surface area contributed by atoms with Gasteiger partial charge < -0.3 is 15.0 Å². The van der Waals surface area contributed by atoms with Crippen LogP contribution in [0.4, 0.5) is 5.69 Å². The minimum absolute atomic E-state index is 0.0600. The number of amides is 2. The molecule has 0 fully saturated rings. The lowest BCUT2D eigenvalue weighted by Gasteiger charge is -2.34. The minimum Gasteiger partial charge on any atom is -0.494 e. The Morgan fingerprint density at radius 1 is 0.822 bits per heavy atom. The number of nitrogens with zero attached hydrogens (tertiary/aromatic N) is 2. The summed E-state index contributed by atoms with van der Waals surface area (Å²) in [6.45, 7) is 7.97. The van der Waals surface area contributed by atoms with Crippen molar-refractivity contribution in [1.82, 2.24) is 10.2 Å². The smallest absolute Gasteiger partial charge is 0.264 e. The average molecular weight is 628 g/mol. The van der Waals surface area contributed by atoms with Crippen molar-refractivity contribution in [2.45, 2.75) is 51.6 Å². The average Bonchev–Trinajstić information content (AvgIpc) is 3.03. The molecule has 9 heteroatoms. The highest BCUT2D eigenvalue weighted by Gasteiger charge is 2.34. The van der Waals surface area contributed by atoms with Crippen LogP contribution in [0.25, 0.3) is 0 Å². The van der Waals surface area contributed by atoms with Gasteiger partial charge in [-0.05, 0) is 80.8 Å². The van der Waals surface area contributed by atoms with E-state index in [-0.39, 0.29) is 23.8 Å². The first-order chi connectivity index (χ1) is 21.6. The number of aryl methyl sites for hydroxylation is 2. The summed E-state index contributed by atoms with van der Waals surface area (Å²) < 4.78 is 35.0. The number of rotatable bonds is 14. The number of nitrogens with one attached hydrogen (secondary N) is 1. The molecular formula is C36H41N3O5S. The van der Waals surface area contributed by atoms with Gasteiger partial charge in [-0.25, -0.2) is 8.42 Å². The molecule has 4 rings (SSSR count). The maximum absolute atomic E-state index is 14.5. The highest BCUT2D eigenvalue weighted by molar-refractivity contribution is 7.92. The van der Waals surface area contributed by atoms with E-state index in [1.54, 1.807) is 36.4 Å². The van der Waals surface area contributed by atoms with Gasteiger partial charge in [0.05, 0.1) is 17.2 Å². The topological polar surface area (TPSA) is 96.0 Å². The summed E-state index contributed by atoms with van der Waals surface area (Å²) in [6.07, 6.45) is 0.262. The first-order valence-electron chi connectivity index (χ1n) is 15.1. The van der Waals surface area contributed by atoms with Crippen LogP contribution in [0.1, 0.15) is 36.1 Å². The number of hydrogen-bond donors (Lipinski definition) is 1. The molecule has 0 spiro atoms. The Kier molecular flexibility index (Phi) is 11.4. The summed E-state index contributed by atoms with van der Waals surface area (Å²) in [5.74, 6) is -0.229. The molecule has 0 heterocycles. The molecule has 0 aromatic heterocycles. The van der Waals surface area contributed by atoms with E-state index >= 15 is 0 Å². The normalized spacial score (nSPS) is 11.8. The van der Waals surface area contributed by atoms with Crippen LogP contribution in [0.3, 0.4) is 0 Å². The number of anilines is 1. The lowest BCUT2D eigenvalue weighted by Crippen LogP contribution is -2.53. The maximum Gasteiger partial charge on any atom is 0.264 e. The van der Waals surface area contributed by atoms with Gasteiger partial charge in [-0.2, -0.15) is 0 Å². The molecule has 2 amide bonds. The number of benzene rings is 4. The van der Waals surface area contributed by atoms with E-state index < -0.39 is 28.5 Å². The summed E-state index contributed by atoms with van der Waals surface area (Å²) in [6, 6.07) is 29.4. The maximum atomic E-state index is 14.5. The fourth-order valence-electron chi connectivity index (χ4n) is 5.06. The summed E-state index contributed by atoms with van der Waals surface area (Å²) >= 11 is 0. The number of ether oxygens (including phenoxy) is 1. The van der Waals surface area contributed by atoms with Gasteiger partial charge in [-0.15, -0.1) is 0 Å². The van der Waals surface area contributed by atoms with Crippen molar-refractivity contribution < 1.29 is 22.7 Å². The van der Waals surface area contributed by atoms with Gasteiger partial charge in [-0.3, -0.25) is 13.9 Å². The molecule has 1 unspecified atom stereocenters. The van der Waals surface area contributed by atoms with Crippen LogP contribution in [-0.4, -0.2) is 50.9 Å². The van der Waals surface area contributed by atoms with Crippen LogP contribution in [-0.2, 0) is 32.6 Å². The molecule has 236 valence electrons. The molecule has 45 heavy (non-hydrogen) atoms. The standard InChI is InChI=1S/C36H41N3O5S/c1-5-37-36(41)34(24-29-13-8-7-9-14-29)38(25-30-15-11-10-12-28(30)4)35(40)26-39(31-18-20-32(21-19-31)44-6-2)45(42,43)33-22-16-27(3)17-23-33/h7-23,34H,5-6,24-26H2,1-4H3,(H,37,41). The Bertz CT molecular complexity index is 1670. The van der Waals surface area contributed by atoms with Gasteiger partial charge in [0, 0.05) is 19.5 Å². The van der Waals surface area contributed by atoms with Crippen molar-refractivity contribution in [3.05, 3.63) is 125 Å². The van der Waals surface area contributed by atoms with Gasteiger partial charge in [0.25, 0.3) is 10.0 Å². The van der Waals surface area contributed by atoms with Crippen LogP contribution in [0.15, 0.2) is 108 Å². The Morgan fingerprint density at radius 3 is 2.09 bits per heavy atom. The Balaban J connectivity index is 1.80. The Morgan fingerprint density at radius 2 is 1.47 bits per heavy atom. The second kappa shape index (κ2) is 15.4. The molecule has 1 N–H and O–H groups in total. The van der Waals surface area contributed by atoms with Crippen molar-refractivity contribution in [3.8, 4) is 5.75 Å². The van der Waals surface area contributed by atoms with Crippen LogP contribution in [0, 0.1) is 13.8 Å². The number of carbonyl (C=O) groups excluding carboxylic acids is 2. The van der Waals surface area contributed by atoms with Crippen molar-refractivity contribution >= 4 is 27.5 Å². The lowest BCUT2D eigenvalue weighted by atomic mass is 10.0. The Hall–Kier alpha value is -4.63. The molecule has 0 saturated heterocycles. The minimum atomic E-state index is -4.18. The summed E-state index contributed by atoms with van der Waals surface area (Å²) in [4.78, 5) is 29.7. The molecular weight excluding hydrogens is 586 g/mol. The zero-order valence-electron chi connectivity index (χ0n) is 26.3. The SMILES string of the molecule is CCNC(=O)C(Cc1ccccc1)N(Cc1ccccc1C)C(=O)CN(c1ccc(OCC)cc1)S(=O)(=O)c1ccc(C)cc1. The third kappa shape index (κ3) is 8.51. The third-order valence-electron chi connectivity index (χ3n) is 7.55. The highest BCUT2D eigenvalue weighted by Crippen LogP contribution is 2.27. The number of carbonyl (C=O) groups is 2. The van der Waals surface area contributed by atoms with E-state index in [0.29, 0.717) is 24.6 Å². The van der Waals surface area contributed by atoms with Gasteiger partial charge in [-0.1, -0.05) is 72.3 Å². The van der Waals surface area contributed by atoms with E-state index in [0.717, 1.165) is 26.6 Å². The van der Waals surface area contributed by atoms with Gasteiger partial charge >= 0.3 is 0 Å². The van der Waals surface area contributed by atoms with Gasteiger partial charge in [0.1, 0.15) is 18.3 Å². The van der Waals surface area contributed by atoms with E-state index in [2.05, 4.69) is 5.32 Å². The molecule has 8 nitrogen and oxygen atoms in total. The number of sulfonamides is 1. The molecule has 0 aliphatic heterocycles. The van der Waals surface area contributed by atoms with E-state index in [1.807, 2.05) is 82.3 Å². The first kappa shape index (κ1) is 33.3. The molecule has 0 aliphatic carbocycles. The molecule has 0 aliphatic rings. The highest BCUT2D eigenvalue weighted by atomic mass is 32.2. The van der Waals surface area contributed by atoms with E-state index in [1.165, 1.54) is 17.0 Å². The van der Waals surface area contributed by atoms with Crippen LogP contribution in [0.2, 0.25) is 0 Å². The quantitative estimate of drug-likeness (QED) is 0.194.